The van der Waals surface area contributed by atoms with Crippen LogP contribution in [0.4, 0.5) is 4.39 Å². The molecule has 0 aliphatic carbocycles. The van der Waals surface area contributed by atoms with Gasteiger partial charge in [-0.2, -0.15) is 0 Å². The normalized spacial score (nSPS) is 11.5. The van der Waals surface area contributed by atoms with Gasteiger partial charge in [0.1, 0.15) is 11.6 Å². The summed E-state index contributed by atoms with van der Waals surface area (Å²) in [6, 6.07) is 9.78. The zero-order chi connectivity index (χ0) is 17.0. The minimum atomic E-state index is -0.325. The van der Waals surface area contributed by atoms with Crippen LogP contribution in [0.1, 0.15) is 11.4 Å². The molecule has 3 nitrogen and oxygen atoms in total. The number of hydrogen-bond acceptors (Lipinski definition) is 2. The molecule has 6 heteroatoms. The van der Waals surface area contributed by atoms with Crippen molar-refractivity contribution in [3.8, 4) is 11.4 Å². The summed E-state index contributed by atoms with van der Waals surface area (Å²) in [5.41, 5.74) is 4.58. The van der Waals surface area contributed by atoms with Crippen molar-refractivity contribution in [2.75, 3.05) is 0 Å². The first-order chi connectivity index (χ1) is 11.5. The molecule has 2 aromatic carbocycles. The summed E-state index contributed by atoms with van der Waals surface area (Å²) in [7, 11) is 0. The summed E-state index contributed by atoms with van der Waals surface area (Å²) in [4.78, 5) is 9.23. The molecule has 0 aliphatic heterocycles. The van der Waals surface area contributed by atoms with E-state index >= 15 is 0 Å². The largest absolute Gasteiger partial charge is 0.289 e. The van der Waals surface area contributed by atoms with E-state index in [4.69, 9.17) is 23.2 Å². The predicted molar refractivity (Wildman–Crippen MR) is 95.4 cm³/mol. The molecule has 0 saturated heterocycles. The Morgan fingerprint density at radius 2 is 1.71 bits per heavy atom. The van der Waals surface area contributed by atoms with Crippen molar-refractivity contribution in [3.63, 3.8) is 0 Å². The van der Waals surface area contributed by atoms with Crippen LogP contribution in [0.25, 0.3) is 27.9 Å². The van der Waals surface area contributed by atoms with Crippen molar-refractivity contribution in [1.82, 2.24) is 14.4 Å². The van der Waals surface area contributed by atoms with E-state index < -0.39 is 0 Å². The molecule has 0 radical (unpaired) electrons. The SMILES string of the molecule is Cc1nc(-c2ccc(Cl)cc2Cl)n2c1c(C)nc1ccc(F)cc12. The highest BCUT2D eigenvalue weighted by atomic mass is 35.5. The summed E-state index contributed by atoms with van der Waals surface area (Å²) in [6.45, 7) is 3.82. The molecule has 2 aromatic heterocycles. The van der Waals surface area contributed by atoms with Crippen molar-refractivity contribution in [1.29, 1.82) is 0 Å². The van der Waals surface area contributed by atoms with Gasteiger partial charge in [0.25, 0.3) is 0 Å². The molecule has 0 bridgehead atoms. The molecule has 4 aromatic rings. The number of rotatable bonds is 1. The van der Waals surface area contributed by atoms with Crippen molar-refractivity contribution < 1.29 is 4.39 Å². The molecular formula is C18H12Cl2FN3. The first-order valence-corrected chi connectivity index (χ1v) is 8.11. The fourth-order valence-corrected chi connectivity index (χ4v) is 3.54. The second-order valence-electron chi connectivity index (χ2n) is 5.66. The Morgan fingerprint density at radius 1 is 0.958 bits per heavy atom. The van der Waals surface area contributed by atoms with Gasteiger partial charge < -0.3 is 0 Å². The summed E-state index contributed by atoms with van der Waals surface area (Å²) < 4.78 is 15.7. The van der Waals surface area contributed by atoms with Crippen molar-refractivity contribution in [2.45, 2.75) is 13.8 Å². The minimum Gasteiger partial charge on any atom is -0.289 e. The smallest absolute Gasteiger partial charge is 0.146 e. The molecule has 0 saturated carbocycles. The third-order valence-corrected chi connectivity index (χ3v) is 4.58. The Balaban J connectivity index is 2.20. The van der Waals surface area contributed by atoms with Gasteiger partial charge in [-0.25, -0.2) is 14.4 Å². The molecule has 0 spiro atoms. The van der Waals surface area contributed by atoms with Gasteiger partial charge in [-0.05, 0) is 44.2 Å². The Bertz CT molecular complexity index is 1120. The van der Waals surface area contributed by atoms with Crippen LogP contribution in [0.5, 0.6) is 0 Å². The number of imidazole rings is 1. The summed E-state index contributed by atoms with van der Waals surface area (Å²) >= 11 is 12.4. The number of aromatic nitrogens is 3. The van der Waals surface area contributed by atoms with Crippen LogP contribution >= 0.6 is 23.2 Å². The maximum Gasteiger partial charge on any atom is 0.146 e. The number of nitrogens with zero attached hydrogens (tertiary/aromatic N) is 3. The third-order valence-electron chi connectivity index (χ3n) is 4.03. The fourth-order valence-electron chi connectivity index (χ4n) is 3.04. The monoisotopic (exact) mass is 359 g/mol. The third kappa shape index (κ3) is 2.26. The number of benzene rings is 2. The van der Waals surface area contributed by atoms with E-state index in [1.165, 1.54) is 12.1 Å². The van der Waals surface area contributed by atoms with E-state index in [1.807, 2.05) is 24.3 Å². The van der Waals surface area contributed by atoms with Crippen LogP contribution in [-0.2, 0) is 0 Å². The maximum atomic E-state index is 13.8. The van der Waals surface area contributed by atoms with Crippen LogP contribution in [0, 0.1) is 19.7 Å². The van der Waals surface area contributed by atoms with Gasteiger partial charge in [0.05, 0.1) is 33.0 Å². The van der Waals surface area contributed by atoms with E-state index in [9.17, 15) is 4.39 Å². The number of hydrogen-bond donors (Lipinski definition) is 0. The maximum absolute atomic E-state index is 13.8. The Morgan fingerprint density at radius 3 is 2.46 bits per heavy atom. The van der Waals surface area contributed by atoms with E-state index in [0.717, 1.165) is 22.5 Å². The lowest BCUT2D eigenvalue weighted by Gasteiger charge is -2.09. The molecule has 0 N–H and O–H groups in total. The summed E-state index contributed by atoms with van der Waals surface area (Å²) in [5, 5.41) is 1.04. The average molecular weight is 360 g/mol. The molecule has 0 amide bonds. The molecule has 0 fully saturated rings. The number of halogens is 3. The van der Waals surface area contributed by atoms with E-state index in [2.05, 4.69) is 9.97 Å². The molecule has 0 unspecified atom stereocenters. The van der Waals surface area contributed by atoms with Gasteiger partial charge in [0.15, 0.2) is 0 Å². The van der Waals surface area contributed by atoms with E-state index in [-0.39, 0.29) is 5.82 Å². The Kier molecular flexibility index (Phi) is 3.48. The van der Waals surface area contributed by atoms with Crippen molar-refractivity contribution in [3.05, 3.63) is 63.6 Å². The Hall–Kier alpha value is -2.17. The van der Waals surface area contributed by atoms with E-state index in [0.29, 0.717) is 26.9 Å². The molecule has 2 heterocycles. The van der Waals surface area contributed by atoms with Crippen molar-refractivity contribution in [2.24, 2.45) is 0 Å². The zero-order valence-electron chi connectivity index (χ0n) is 12.9. The Labute approximate surface area is 147 Å². The topological polar surface area (TPSA) is 30.2 Å². The number of aryl methyl sites for hydroxylation is 2. The van der Waals surface area contributed by atoms with Crippen LogP contribution < -0.4 is 0 Å². The average Bonchev–Trinajstić information content (AvgIpc) is 2.86. The lowest BCUT2D eigenvalue weighted by molar-refractivity contribution is 0.629. The van der Waals surface area contributed by atoms with Gasteiger partial charge in [-0.1, -0.05) is 23.2 Å². The quantitative estimate of drug-likeness (QED) is 0.442. The lowest BCUT2D eigenvalue weighted by atomic mass is 10.2. The molecule has 24 heavy (non-hydrogen) atoms. The first-order valence-electron chi connectivity index (χ1n) is 7.36. The highest BCUT2D eigenvalue weighted by Crippen LogP contribution is 2.33. The van der Waals surface area contributed by atoms with Gasteiger partial charge in [0.2, 0.25) is 0 Å². The number of fused-ring (bicyclic) bond motifs is 3. The predicted octanol–water partition coefficient (Wildman–Crippen LogP) is 5.61. The molecule has 4 rings (SSSR count). The zero-order valence-corrected chi connectivity index (χ0v) is 14.5. The highest BCUT2D eigenvalue weighted by molar-refractivity contribution is 6.36. The van der Waals surface area contributed by atoms with Crippen LogP contribution in [-0.4, -0.2) is 14.4 Å². The van der Waals surface area contributed by atoms with Crippen LogP contribution in [0.3, 0.4) is 0 Å². The molecule has 120 valence electrons. The fraction of sp³-hybridized carbons (Fsp3) is 0.111. The molecular weight excluding hydrogens is 348 g/mol. The lowest BCUT2D eigenvalue weighted by Crippen LogP contribution is -1.98. The van der Waals surface area contributed by atoms with Gasteiger partial charge >= 0.3 is 0 Å². The van der Waals surface area contributed by atoms with Crippen LogP contribution in [0.15, 0.2) is 36.4 Å². The minimum absolute atomic E-state index is 0.325. The van der Waals surface area contributed by atoms with E-state index in [1.54, 1.807) is 18.2 Å². The molecule has 0 atom stereocenters. The van der Waals surface area contributed by atoms with Gasteiger partial charge in [-0.3, -0.25) is 4.40 Å². The second-order valence-corrected chi connectivity index (χ2v) is 6.50. The second kappa shape index (κ2) is 5.43. The van der Waals surface area contributed by atoms with Crippen molar-refractivity contribution >= 4 is 39.8 Å². The van der Waals surface area contributed by atoms with Gasteiger partial charge in [0, 0.05) is 16.7 Å². The summed E-state index contributed by atoms with van der Waals surface area (Å²) in [6.07, 6.45) is 0. The highest BCUT2D eigenvalue weighted by Gasteiger charge is 2.18. The standard InChI is InChI=1S/C18H12Cl2FN3/c1-9-17-10(2)23-18(13-5-3-11(19)7-14(13)20)24(17)16-8-12(21)4-6-15(16)22-9/h3-8H,1-2H3. The van der Waals surface area contributed by atoms with Gasteiger partial charge in [-0.15, -0.1) is 0 Å². The summed E-state index contributed by atoms with van der Waals surface area (Å²) in [5.74, 6) is 0.319. The van der Waals surface area contributed by atoms with Crippen LogP contribution in [0.2, 0.25) is 10.0 Å². The molecule has 0 aliphatic rings. The first kappa shape index (κ1) is 15.4.